The molecule has 0 amide bonds. The standard InChI is InChI=1S/C53H35N3/c1-3-15-34(16-4-1)35-27-29-37(30-28-35)48-33-47(36-17-5-2-6-18-36)54-52(55-48)56-49-26-14-10-21-40(49)41-31-32-46-50(51(41)56)42-22-9-13-25-45(42)53(46)43-23-11-7-19-38(43)39-20-8-12-24-44(39)53/h1-17,19-33,36H,18H2. The summed E-state index contributed by atoms with van der Waals surface area (Å²) in [5, 5.41) is 2.40. The van der Waals surface area contributed by atoms with Gasteiger partial charge in [0.2, 0.25) is 5.95 Å². The van der Waals surface area contributed by atoms with Crippen molar-refractivity contribution in [2.75, 3.05) is 0 Å². The van der Waals surface area contributed by atoms with Gasteiger partial charge in [-0.2, -0.15) is 0 Å². The maximum atomic E-state index is 5.50. The molecule has 0 aliphatic heterocycles. The Morgan fingerprint density at radius 3 is 1.86 bits per heavy atom. The summed E-state index contributed by atoms with van der Waals surface area (Å²) in [5.74, 6) is 0.844. The molecule has 56 heavy (non-hydrogen) atoms. The highest BCUT2D eigenvalue weighted by Crippen LogP contribution is 2.64. The van der Waals surface area contributed by atoms with E-state index in [1.54, 1.807) is 0 Å². The number of para-hydroxylation sites is 1. The van der Waals surface area contributed by atoms with Crippen molar-refractivity contribution in [3.8, 4) is 50.6 Å². The number of hydrogen-bond donors (Lipinski definition) is 0. The summed E-state index contributed by atoms with van der Waals surface area (Å²) in [6, 6.07) is 62.2. The third-order valence-electron chi connectivity index (χ3n) is 12.4. The fourth-order valence-electron chi connectivity index (χ4n) is 9.99. The van der Waals surface area contributed by atoms with Gasteiger partial charge in [0, 0.05) is 27.8 Å². The number of nitrogens with zero attached hydrogens (tertiary/aromatic N) is 3. The Kier molecular flexibility index (Phi) is 6.67. The predicted molar refractivity (Wildman–Crippen MR) is 229 cm³/mol. The van der Waals surface area contributed by atoms with Crippen LogP contribution in [0.4, 0.5) is 0 Å². The van der Waals surface area contributed by atoms with Crippen LogP contribution in [-0.2, 0) is 5.41 Å². The van der Waals surface area contributed by atoms with Crippen molar-refractivity contribution in [2.45, 2.75) is 17.8 Å². The molecule has 9 aromatic rings. The third kappa shape index (κ3) is 4.28. The monoisotopic (exact) mass is 713 g/mol. The van der Waals surface area contributed by atoms with Crippen LogP contribution in [0.2, 0.25) is 0 Å². The number of benzene rings is 7. The molecule has 0 saturated heterocycles. The minimum atomic E-state index is -0.442. The van der Waals surface area contributed by atoms with Gasteiger partial charge in [0.1, 0.15) is 0 Å². The van der Waals surface area contributed by atoms with Gasteiger partial charge in [-0.05, 0) is 68.6 Å². The largest absolute Gasteiger partial charge is 0.277 e. The molecule has 1 spiro atoms. The van der Waals surface area contributed by atoms with E-state index in [4.69, 9.17) is 9.97 Å². The number of allylic oxidation sites excluding steroid dienone is 4. The van der Waals surface area contributed by atoms with Crippen molar-refractivity contribution in [3.63, 3.8) is 0 Å². The Morgan fingerprint density at radius 1 is 0.500 bits per heavy atom. The highest BCUT2D eigenvalue weighted by atomic mass is 15.2. The van der Waals surface area contributed by atoms with Gasteiger partial charge in [-0.15, -0.1) is 0 Å². The average molecular weight is 714 g/mol. The molecule has 0 fully saturated rings. The topological polar surface area (TPSA) is 30.7 Å². The highest BCUT2D eigenvalue weighted by molar-refractivity contribution is 6.16. The van der Waals surface area contributed by atoms with E-state index in [1.165, 1.54) is 66.4 Å². The molecular weight excluding hydrogens is 679 g/mol. The zero-order chi connectivity index (χ0) is 36.8. The second-order valence-electron chi connectivity index (χ2n) is 15.2. The van der Waals surface area contributed by atoms with E-state index >= 15 is 0 Å². The lowest BCUT2D eigenvalue weighted by Crippen LogP contribution is -2.25. The van der Waals surface area contributed by atoms with Crippen LogP contribution in [-0.4, -0.2) is 14.5 Å². The molecule has 1 atom stereocenters. The van der Waals surface area contributed by atoms with E-state index in [0.717, 1.165) is 34.4 Å². The maximum absolute atomic E-state index is 5.50. The Balaban J connectivity index is 1.16. The smallest absolute Gasteiger partial charge is 0.235 e. The fourth-order valence-corrected chi connectivity index (χ4v) is 9.99. The van der Waals surface area contributed by atoms with Crippen molar-refractivity contribution in [1.29, 1.82) is 0 Å². The number of rotatable bonds is 4. The van der Waals surface area contributed by atoms with E-state index in [2.05, 4.69) is 199 Å². The second kappa shape index (κ2) is 11.9. The first-order valence-corrected chi connectivity index (χ1v) is 19.5. The fraction of sp³-hybridized carbons (Fsp3) is 0.0566. The molecule has 3 aliphatic rings. The summed E-state index contributed by atoms with van der Waals surface area (Å²) in [5.41, 5.74) is 17.6. The van der Waals surface area contributed by atoms with Gasteiger partial charge in [0.25, 0.3) is 0 Å². The molecule has 0 bridgehead atoms. The van der Waals surface area contributed by atoms with Crippen LogP contribution < -0.4 is 0 Å². The normalized spacial score (nSPS) is 15.6. The van der Waals surface area contributed by atoms with E-state index in [1.807, 2.05) is 0 Å². The molecule has 2 heterocycles. The van der Waals surface area contributed by atoms with Crippen LogP contribution in [0.1, 0.15) is 40.3 Å². The lowest BCUT2D eigenvalue weighted by Gasteiger charge is -2.30. The molecule has 3 nitrogen and oxygen atoms in total. The maximum Gasteiger partial charge on any atom is 0.235 e. The van der Waals surface area contributed by atoms with Crippen molar-refractivity contribution >= 4 is 21.8 Å². The van der Waals surface area contributed by atoms with Gasteiger partial charge in [-0.1, -0.05) is 182 Å². The molecule has 2 aromatic heterocycles. The zero-order valence-electron chi connectivity index (χ0n) is 30.6. The highest BCUT2D eigenvalue weighted by Gasteiger charge is 2.52. The van der Waals surface area contributed by atoms with E-state index in [-0.39, 0.29) is 5.92 Å². The van der Waals surface area contributed by atoms with Gasteiger partial charge in [0.15, 0.2) is 0 Å². The van der Waals surface area contributed by atoms with Crippen LogP contribution in [0.15, 0.2) is 194 Å². The Labute approximate surface area is 325 Å². The Morgan fingerprint density at radius 2 is 1.12 bits per heavy atom. The lowest BCUT2D eigenvalue weighted by molar-refractivity contribution is 0.793. The average Bonchev–Trinajstić information content (AvgIpc) is 3.89. The molecule has 3 heteroatoms. The molecule has 0 saturated carbocycles. The summed E-state index contributed by atoms with van der Waals surface area (Å²) in [4.78, 5) is 11.0. The van der Waals surface area contributed by atoms with Crippen LogP contribution in [0.25, 0.3) is 72.4 Å². The van der Waals surface area contributed by atoms with E-state index in [9.17, 15) is 0 Å². The van der Waals surface area contributed by atoms with Crippen LogP contribution >= 0.6 is 0 Å². The van der Waals surface area contributed by atoms with Crippen molar-refractivity contribution < 1.29 is 0 Å². The molecule has 0 radical (unpaired) electrons. The molecule has 3 aliphatic carbocycles. The molecular formula is C53H35N3. The number of aromatic nitrogens is 3. The SMILES string of the molecule is C1=CCC(c2cc(-c3ccc(-c4ccccc4)cc3)nc(-n3c4ccccc4c4ccc5c(c43)-c3ccccc3C53c4ccccc4-c4ccccc43)n2)C=C1. The Bertz CT molecular complexity index is 3060. The first-order valence-electron chi connectivity index (χ1n) is 19.5. The van der Waals surface area contributed by atoms with Gasteiger partial charge < -0.3 is 0 Å². The quantitative estimate of drug-likeness (QED) is 0.182. The second-order valence-corrected chi connectivity index (χ2v) is 15.2. The first-order chi connectivity index (χ1) is 27.8. The first kappa shape index (κ1) is 31.3. The molecule has 7 aromatic carbocycles. The summed E-state index contributed by atoms with van der Waals surface area (Å²) < 4.78 is 2.36. The Hall–Kier alpha value is -7.10. The van der Waals surface area contributed by atoms with Gasteiger partial charge in [-0.3, -0.25) is 4.57 Å². The minimum absolute atomic E-state index is 0.151. The summed E-state index contributed by atoms with van der Waals surface area (Å²) >= 11 is 0. The third-order valence-corrected chi connectivity index (χ3v) is 12.4. The van der Waals surface area contributed by atoms with Crippen LogP contribution in [0.5, 0.6) is 0 Å². The van der Waals surface area contributed by atoms with Crippen LogP contribution in [0.3, 0.4) is 0 Å². The molecule has 12 rings (SSSR count). The number of hydrogen-bond acceptors (Lipinski definition) is 2. The van der Waals surface area contributed by atoms with Gasteiger partial charge in [0.05, 0.1) is 27.8 Å². The van der Waals surface area contributed by atoms with Crippen molar-refractivity contribution in [3.05, 3.63) is 222 Å². The zero-order valence-corrected chi connectivity index (χ0v) is 30.6. The molecule has 0 N–H and O–H groups in total. The number of fused-ring (bicyclic) bond motifs is 14. The predicted octanol–water partition coefficient (Wildman–Crippen LogP) is 12.9. The van der Waals surface area contributed by atoms with Crippen molar-refractivity contribution in [1.82, 2.24) is 14.5 Å². The van der Waals surface area contributed by atoms with E-state index < -0.39 is 5.41 Å². The van der Waals surface area contributed by atoms with Crippen LogP contribution in [0, 0.1) is 0 Å². The lowest BCUT2D eigenvalue weighted by atomic mass is 9.70. The van der Waals surface area contributed by atoms with Crippen molar-refractivity contribution in [2.24, 2.45) is 0 Å². The molecule has 262 valence electrons. The summed E-state index contributed by atoms with van der Waals surface area (Å²) in [6.45, 7) is 0. The van der Waals surface area contributed by atoms with Gasteiger partial charge in [-0.25, -0.2) is 9.97 Å². The van der Waals surface area contributed by atoms with Gasteiger partial charge >= 0.3 is 0 Å². The molecule has 1 unspecified atom stereocenters. The summed E-state index contributed by atoms with van der Waals surface area (Å²) in [7, 11) is 0. The summed E-state index contributed by atoms with van der Waals surface area (Å²) in [6.07, 6.45) is 9.68. The minimum Gasteiger partial charge on any atom is -0.277 e. The van der Waals surface area contributed by atoms with E-state index in [0.29, 0.717) is 5.95 Å².